The van der Waals surface area contributed by atoms with Crippen molar-refractivity contribution in [2.24, 2.45) is 0 Å². The molecule has 1 aromatic carbocycles. The van der Waals surface area contributed by atoms with E-state index in [0.29, 0.717) is 16.6 Å². The molecule has 0 atom stereocenters. The van der Waals surface area contributed by atoms with Gasteiger partial charge < -0.3 is 9.64 Å². The Morgan fingerprint density at radius 1 is 1.45 bits per heavy atom. The third kappa shape index (κ3) is 2.80. The number of anilines is 1. The summed E-state index contributed by atoms with van der Waals surface area (Å²) < 4.78 is 5.00. The van der Waals surface area contributed by atoms with Crippen molar-refractivity contribution in [2.75, 3.05) is 25.6 Å². The van der Waals surface area contributed by atoms with Crippen LogP contribution in [0, 0.1) is 10.1 Å². The van der Waals surface area contributed by atoms with Gasteiger partial charge in [-0.05, 0) is 6.92 Å². The number of hydrogen-bond donors (Lipinski definition) is 0. The number of non-ortho nitro benzene ring substituents is 1. The molecule has 0 saturated heterocycles. The summed E-state index contributed by atoms with van der Waals surface area (Å²) in [4.78, 5) is 28.4. The summed E-state index contributed by atoms with van der Waals surface area (Å²) in [5.41, 5.74) is 0.942. The number of esters is 1. The van der Waals surface area contributed by atoms with E-state index in [-0.39, 0.29) is 22.9 Å². The lowest BCUT2D eigenvalue weighted by Crippen LogP contribution is -2.16. The average molecular weight is 324 g/mol. The number of nitro groups is 1. The van der Waals surface area contributed by atoms with Gasteiger partial charge in [0.15, 0.2) is 0 Å². The Kier molecular flexibility index (Phi) is 4.46. The Morgan fingerprint density at radius 3 is 2.68 bits per heavy atom. The van der Waals surface area contributed by atoms with Crippen molar-refractivity contribution in [2.45, 2.75) is 6.92 Å². The minimum Gasteiger partial charge on any atom is -0.462 e. The zero-order valence-electron chi connectivity index (χ0n) is 12.3. The number of rotatable bonds is 4. The molecule has 0 N–H and O–H groups in total. The number of nitrogens with zero attached hydrogens (tertiary/aromatic N) is 3. The van der Waals surface area contributed by atoms with Crippen LogP contribution in [0.15, 0.2) is 18.3 Å². The molecule has 0 aliphatic carbocycles. The lowest BCUT2D eigenvalue weighted by Gasteiger charge is -2.19. The highest BCUT2D eigenvalue weighted by Crippen LogP contribution is 2.35. The first kappa shape index (κ1) is 16.0. The SMILES string of the molecule is CCOC(=O)c1cnc2c(Cl)cc([N+](=O)[O-])cc2c1N(C)C. The van der Waals surface area contributed by atoms with Gasteiger partial charge in [-0.3, -0.25) is 15.1 Å². The maximum atomic E-state index is 12.1. The van der Waals surface area contributed by atoms with Gasteiger partial charge in [0.2, 0.25) is 0 Å². The molecule has 1 heterocycles. The van der Waals surface area contributed by atoms with E-state index in [1.54, 1.807) is 25.9 Å². The lowest BCUT2D eigenvalue weighted by atomic mass is 10.1. The van der Waals surface area contributed by atoms with E-state index in [1.165, 1.54) is 18.3 Å². The Bertz CT molecular complexity index is 761. The molecule has 0 amide bonds. The number of benzene rings is 1. The molecule has 0 aliphatic rings. The number of aromatic nitrogens is 1. The molecular weight excluding hydrogens is 310 g/mol. The highest BCUT2D eigenvalue weighted by molar-refractivity contribution is 6.35. The van der Waals surface area contributed by atoms with E-state index in [2.05, 4.69) is 4.98 Å². The van der Waals surface area contributed by atoms with Crippen molar-refractivity contribution in [1.29, 1.82) is 0 Å². The number of hydrogen-bond acceptors (Lipinski definition) is 6. The molecule has 1 aromatic heterocycles. The van der Waals surface area contributed by atoms with Gasteiger partial charge in [-0.15, -0.1) is 0 Å². The molecule has 7 nitrogen and oxygen atoms in total. The van der Waals surface area contributed by atoms with Crippen LogP contribution in [0.4, 0.5) is 11.4 Å². The molecule has 8 heteroatoms. The first-order valence-electron chi connectivity index (χ1n) is 6.47. The molecule has 0 bridgehead atoms. The predicted octanol–water partition coefficient (Wildman–Crippen LogP) is 3.04. The van der Waals surface area contributed by atoms with Gasteiger partial charge in [-0.25, -0.2) is 4.79 Å². The summed E-state index contributed by atoms with van der Waals surface area (Å²) in [5, 5.41) is 11.6. The van der Waals surface area contributed by atoms with Crippen LogP contribution in [0.25, 0.3) is 10.9 Å². The molecule has 22 heavy (non-hydrogen) atoms. The fraction of sp³-hybridized carbons (Fsp3) is 0.286. The van der Waals surface area contributed by atoms with Crippen LogP contribution in [-0.4, -0.2) is 36.6 Å². The minimum absolute atomic E-state index is 0.155. The molecule has 0 fully saturated rings. The monoisotopic (exact) mass is 323 g/mol. The van der Waals surface area contributed by atoms with Crippen LogP contribution in [0.5, 0.6) is 0 Å². The lowest BCUT2D eigenvalue weighted by molar-refractivity contribution is -0.384. The zero-order chi connectivity index (χ0) is 16.4. The van der Waals surface area contributed by atoms with Crippen LogP contribution in [0.2, 0.25) is 5.02 Å². The standard InChI is InChI=1S/C14H14ClN3O4/c1-4-22-14(19)10-7-16-12-9(13(10)17(2)3)5-8(18(20)21)6-11(12)15/h5-7H,4H2,1-3H3. The van der Waals surface area contributed by atoms with Gasteiger partial charge >= 0.3 is 5.97 Å². The summed E-state index contributed by atoms with van der Waals surface area (Å²) in [6.45, 7) is 1.92. The number of fused-ring (bicyclic) bond motifs is 1. The molecule has 0 spiro atoms. The van der Waals surface area contributed by atoms with Gasteiger partial charge in [0, 0.05) is 37.8 Å². The molecule has 116 valence electrons. The van der Waals surface area contributed by atoms with E-state index < -0.39 is 10.9 Å². The predicted molar refractivity (Wildman–Crippen MR) is 83.7 cm³/mol. The summed E-state index contributed by atoms with van der Waals surface area (Å²) in [5.74, 6) is -0.539. The van der Waals surface area contributed by atoms with Crippen molar-refractivity contribution < 1.29 is 14.5 Å². The van der Waals surface area contributed by atoms with Gasteiger partial charge in [-0.2, -0.15) is 0 Å². The number of carbonyl (C=O) groups is 1. The van der Waals surface area contributed by atoms with Crippen molar-refractivity contribution in [3.8, 4) is 0 Å². The van der Waals surface area contributed by atoms with E-state index in [1.807, 2.05) is 0 Å². The van der Waals surface area contributed by atoms with E-state index in [9.17, 15) is 14.9 Å². The number of nitro benzene ring substituents is 1. The fourth-order valence-electron chi connectivity index (χ4n) is 2.18. The second-order valence-corrected chi connectivity index (χ2v) is 5.12. The third-order valence-corrected chi connectivity index (χ3v) is 3.32. The van der Waals surface area contributed by atoms with Crippen LogP contribution in [0.3, 0.4) is 0 Å². The van der Waals surface area contributed by atoms with Crippen LogP contribution >= 0.6 is 11.6 Å². The average Bonchev–Trinajstić information content (AvgIpc) is 2.45. The molecule has 0 aliphatic heterocycles. The minimum atomic E-state index is -0.540. The largest absolute Gasteiger partial charge is 0.462 e. The van der Waals surface area contributed by atoms with Gasteiger partial charge in [-0.1, -0.05) is 11.6 Å². The maximum Gasteiger partial charge on any atom is 0.341 e. The smallest absolute Gasteiger partial charge is 0.341 e. The highest BCUT2D eigenvalue weighted by atomic mass is 35.5. The summed E-state index contributed by atoms with van der Waals surface area (Å²) in [7, 11) is 3.45. The van der Waals surface area contributed by atoms with Gasteiger partial charge in [0.25, 0.3) is 5.69 Å². The Labute approximate surface area is 131 Å². The molecule has 2 aromatic rings. The Balaban J connectivity index is 2.82. The molecule has 0 radical (unpaired) electrons. The van der Waals surface area contributed by atoms with Crippen LogP contribution in [-0.2, 0) is 4.74 Å². The number of pyridine rings is 1. The van der Waals surface area contributed by atoms with Crippen molar-refractivity contribution in [3.05, 3.63) is 39.0 Å². The number of ether oxygens (including phenoxy) is 1. The summed E-state index contributed by atoms with van der Waals surface area (Å²) >= 11 is 6.07. The maximum absolute atomic E-state index is 12.1. The second-order valence-electron chi connectivity index (χ2n) is 4.72. The first-order chi connectivity index (χ1) is 10.4. The Morgan fingerprint density at radius 2 is 2.14 bits per heavy atom. The number of carbonyl (C=O) groups excluding carboxylic acids is 1. The zero-order valence-corrected chi connectivity index (χ0v) is 13.0. The highest BCUT2D eigenvalue weighted by Gasteiger charge is 2.21. The molecule has 0 saturated carbocycles. The summed E-state index contributed by atoms with van der Waals surface area (Å²) in [6, 6.07) is 2.59. The molecular formula is C14H14ClN3O4. The topological polar surface area (TPSA) is 85.6 Å². The van der Waals surface area contributed by atoms with Crippen molar-refractivity contribution >= 4 is 39.8 Å². The third-order valence-electron chi connectivity index (χ3n) is 3.03. The van der Waals surface area contributed by atoms with Crippen molar-refractivity contribution in [3.63, 3.8) is 0 Å². The molecule has 0 unspecified atom stereocenters. The Hall–Kier alpha value is -2.41. The van der Waals surface area contributed by atoms with Crippen LogP contribution in [0.1, 0.15) is 17.3 Å². The van der Waals surface area contributed by atoms with Crippen molar-refractivity contribution in [1.82, 2.24) is 4.98 Å². The summed E-state index contributed by atoms with van der Waals surface area (Å²) in [6.07, 6.45) is 1.37. The van der Waals surface area contributed by atoms with Crippen LogP contribution < -0.4 is 4.90 Å². The van der Waals surface area contributed by atoms with E-state index in [4.69, 9.17) is 16.3 Å². The van der Waals surface area contributed by atoms with E-state index >= 15 is 0 Å². The van der Waals surface area contributed by atoms with E-state index in [0.717, 1.165) is 0 Å². The van der Waals surface area contributed by atoms with Gasteiger partial charge in [0.05, 0.1) is 27.8 Å². The normalized spacial score (nSPS) is 10.5. The van der Waals surface area contributed by atoms with Gasteiger partial charge in [0.1, 0.15) is 5.56 Å². The second kappa shape index (κ2) is 6.15. The first-order valence-corrected chi connectivity index (χ1v) is 6.85. The quantitative estimate of drug-likeness (QED) is 0.488. The molecule has 2 rings (SSSR count). The number of halogens is 1. The fourth-order valence-corrected chi connectivity index (χ4v) is 2.44.